The van der Waals surface area contributed by atoms with Crippen LogP contribution in [-0.4, -0.2) is 14.9 Å². The predicted molar refractivity (Wildman–Crippen MR) is 66.4 cm³/mol. The maximum Gasteiger partial charge on any atom is 0.280 e. The lowest BCUT2D eigenvalue weighted by molar-refractivity contribution is 0.135. The van der Waals surface area contributed by atoms with Crippen LogP contribution in [0.15, 0.2) is 34.9 Å². The van der Waals surface area contributed by atoms with Crippen molar-refractivity contribution in [1.29, 1.82) is 0 Å². The number of hydrogen-bond acceptors (Lipinski definition) is 2. The Labute approximate surface area is 111 Å². The molecular weight excluding hydrogens is 306 g/mol. The zero-order valence-corrected chi connectivity index (χ0v) is 10.9. The van der Waals surface area contributed by atoms with Crippen LogP contribution >= 0.6 is 15.9 Å². The Hall–Kier alpha value is -1.27. The van der Waals surface area contributed by atoms with Crippen LogP contribution in [0.3, 0.4) is 0 Å². The van der Waals surface area contributed by atoms with Gasteiger partial charge in [0.15, 0.2) is 0 Å². The van der Waals surface area contributed by atoms with E-state index in [-0.39, 0.29) is 17.8 Å². The van der Waals surface area contributed by atoms with E-state index in [0.29, 0.717) is 0 Å². The van der Waals surface area contributed by atoms with Gasteiger partial charge in [-0.05, 0) is 11.6 Å². The largest absolute Gasteiger partial charge is 0.392 e. The molecule has 2 rings (SSSR count). The molecule has 0 spiro atoms. The first-order valence-corrected chi connectivity index (χ1v) is 6.09. The monoisotopic (exact) mass is 316 g/mol. The highest BCUT2D eigenvalue weighted by Gasteiger charge is 2.19. The molecule has 0 radical (unpaired) electrons. The minimum absolute atomic E-state index is 0.164. The van der Waals surface area contributed by atoms with Gasteiger partial charge in [0.25, 0.3) is 6.43 Å². The van der Waals surface area contributed by atoms with Crippen molar-refractivity contribution in [2.75, 3.05) is 0 Å². The lowest BCUT2D eigenvalue weighted by Crippen LogP contribution is -2.08. The predicted octanol–water partition coefficient (Wildman–Crippen LogP) is 3.12. The average molecular weight is 317 g/mol. The van der Waals surface area contributed by atoms with Crippen molar-refractivity contribution >= 4 is 15.9 Å². The molecule has 6 heteroatoms. The number of benzene rings is 1. The maximum atomic E-state index is 12.9. The molecule has 0 aliphatic carbocycles. The highest BCUT2D eigenvalue weighted by molar-refractivity contribution is 9.10. The van der Waals surface area contributed by atoms with Gasteiger partial charge in [-0.1, -0.05) is 34.1 Å². The van der Waals surface area contributed by atoms with Crippen molar-refractivity contribution in [3.05, 3.63) is 51.8 Å². The average Bonchev–Trinajstić information content (AvgIpc) is 2.75. The Kier molecular flexibility index (Phi) is 4.08. The standard InChI is InChI=1S/C12H11BrF2N2O/c13-10-4-2-1-3-8(10)6-17-11(12(14)15)9(7-18)5-16-17/h1-5,12,18H,6-7H2. The van der Waals surface area contributed by atoms with Gasteiger partial charge in [0.1, 0.15) is 5.69 Å². The van der Waals surface area contributed by atoms with E-state index in [9.17, 15) is 8.78 Å². The molecule has 96 valence electrons. The van der Waals surface area contributed by atoms with Crippen LogP contribution in [0.2, 0.25) is 0 Å². The van der Waals surface area contributed by atoms with Crippen LogP contribution in [0.4, 0.5) is 8.78 Å². The molecule has 3 nitrogen and oxygen atoms in total. The quantitative estimate of drug-likeness (QED) is 0.941. The Morgan fingerprint density at radius 1 is 1.28 bits per heavy atom. The SMILES string of the molecule is OCc1cnn(Cc2ccccc2Br)c1C(F)F. The van der Waals surface area contributed by atoms with Crippen molar-refractivity contribution in [3.8, 4) is 0 Å². The normalized spacial score (nSPS) is 11.2. The summed E-state index contributed by atoms with van der Waals surface area (Å²) in [5.41, 5.74) is 0.789. The third kappa shape index (κ3) is 2.59. The molecule has 1 aromatic heterocycles. The minimum Gasteiger partial charge on any atom is -0.392 e. The molecule has 1 N–H and O–H groups in total. The molecule has 0 bridgehead atoms. The van der Waals surface area contributed by atoms with Crippen molar-refractivity contribution in [2.45, 2.75) is 19.6 Å². The molecule has 0 unspecified atom stereocenters. The molecule has 0 saturated heterocycles. The molecule has 1 aromatic carbocycles. The van der Waals surface area contributed by atoms with Crippen molar-refractivity contribution in [2.24, 2.45) is 0 Å². The Morgan fingerprint density at radius 2 is 2.00 bits per heavy atom. The van der Waals surface area contributed by atoms with E-state index in [0.717, 1.165) is 10.0 Å². The summed E-state index contributed by atoms with van der Waals surface area (Å²) in [7, 11) is 0. The van der Waals surface area contributed by atoms with Gasteiger partial charge in [-0.25, -0.2) is 8.78 Å². The summed E-state index contributed by atoms with van der Waals surface area (Å²) in [6.07, 6.45) is -1.38. The van der Waals surface area contributed by atoms with Crippen LogP contribution in [0.25, 0.3) is 0 Å². The lowest BCUT2D eigenvalue weighted by Gasteiger charge is -2.09. The fourth-order valence-corrected chi connectivity index (χ4v) is 2.13. The van der Waals surface area contributed by atoms with Crippen LogP contribution in [0.1, 0.15) is 23.2 Å². The third-order valence-electron chi connectivity index (χ3n) is 2.62. The number of aliphatic hydroxyl groups excluding tert-OH is 1. The number of alkyl halides is 2. The van der Waals surface area contributed by atoms with Crippen LogP contribution in [0.5, 0.6) is 0 Å². The Morgan fingerprint density at radius 3 is 2.61 bits per heavy atom. The van der Waals surface area contributed by atoms with Crippen molar-refractivity contribution in [3.63, 3.8) is 0 Å². The van der Waals surface area contributed by atoms with Gasteiger partial charge in [0.2, 0.25) is 0 Å². The van der Waals surface area contributed by atoms with Gasteiger partial charge in [-0.3, -0.25) is 4.68 Å². The van der Waals surface area contributed by atoms with Gasteiger partial charge in [0, 0.05) is 10.0 Å². The summed E-state index contributed by atoms with van der Waals surface area (Å²) in [6, 6.07) is 7.36. The molecule has 0 saturated carbocycles. The van der Waals surface area contributed by atoms with Gasteiger partial charge in [-0.2, -0.15) is 5.10 Å². The maximum absolute atomic E-state index is 12.9. The van der Waals surface area contributed by atoms with Crippen molar-refractivity contribution < 1.29 is 13.9 Å². The summed E-state index contributed by atoms with van der Waals surface area (Å²) in [5, 5.41) is 12.9. The molecule has 1 heterocycles. The molecule has 0 aliphatic rings. The number of aromatic nitrogens is 2. The fourth-order valence-electron chi connectivity index (χ4n) is 1.72. The number of aliphatic hydroxyl groups is 1. The number of halogens is 3. The zero-order chi connectivity index (χ0) is 13.1. The highest BCUT2D eigenvalue weighted by atomic mass is 79.9. The summed E-state index contributed by atoms with van der Waals surface area (Å²) in [5.74, 6) is 0. The van der Waals surface area contributed by atoms with E-state index in [1.54, 1.807) is 0 Å². The second kappa shape index (κ2) is 5.58. The second-order valence-corrected chi connectivity index (χ2v) is 4.62. The Bertz CT molecular complexity index is 543. The van der Waals surface area contributed by atoms with Gasteiger partial charge in [0.05, 0.1) is 19.3 Å². The molecule has 2 aromatic rings. The molecule has 0 fully saturated rings. The number of rotatable bonds is 4. The zero-order valence-electron chi connectivity index (χ0n) is 9.35. The van der Waals surface area contributed by atoms with E-state index in [2.05, 4.69) is 21.0 Å². The van der Waals surface area contributed by atoms with E-state index in [4.69, 9.17) is 5.11 Å². The second-order valence-electron chi connectivity index (χ2n) is 3.76. The van der Waals surface area contributed by atoms with Crippen LogP contribution in [0, 0.1) is 0 Å². The number of hydrogen-bond donors (Lipinski definition) is 1. The van der Waals surface area contributed by atoms with Crippen molar-refractivity contribution in [1.82, 2.24) is 9.78 Å². The number of nitrogens with zero attached hydrogens (tertiary/aromatic N) is 2. The van der Waals surface area contributed by atoms with E-state index < -0.39 is 13.0 Å². The van der Waals surface area contributed by atoms with Gasteiger partial charge >= 0.3 is 0 Å². The fraction of sp³-hybridized carbons (Fsp3) is 0.250. The summed E-state index contributed by atoms with van der Waals surface area (Å²) < 4.78 is 27.9. The molecule has 0 amide bonds. The molecule has 18 heavy (non-hydrogen) atoms. The van der Waals surface area contributed by atoms with Gasteiger partial charge < -0.3 is 5.11 Å². The molecule has 0 atom stereocenters. The lowest BCUT2D eigenvalue weighted by atomic mass is 10.2. The first kappa shape index (κ1) is 13.2. The van der Waals surface area contributed by atoms with Crippen LogP contribution in [-0.2, 0) is 13.2 Å². The first-order valence-electron chi connectivity index (χ1n) is 5.30. The summed E-state index contributed by atoms with van der Waals surface area (Å²) in [4.78, 5) is 0. The summed E-state index contributed by atoms with van der Waals surface area (Å²) in [6.45, 7) is -0.198. The molecular formula is C12H11BrF2N2O. The van der Waals surface area contributed by atoms with Crippen LogP contribution < -0.4 is 0 Å². The Balaban J connectivity index is 2.35. The minimum atomic E-state index is -2.66. The van der Waals surface area contributed by atoms with Gasteiger partial charge in [-0.15, -0.1) is 0 Å². The smallest absolute Gasteiger partial charge is 0.280 e. The third-order valence-corrected chi connectivity index (χ3v) is 3.39. The van der Waals surface area contributed by atoms with E-state index >= 15 is 0 Å². The summed E-state index contributed by atoms with van der Waals surface area (Å²) >= 11 is 3.36. The highest BCUT2D eigenvalue weighted by Crippen LogP contribution is 2.25. The molecule has 0 aliphatic heterocycles. The van der Waals surface area contributed by atoms with E-state index in [1.165, 1.54) is 10.9 Å². The first-order chi connectivity index (χ1) is 8.63. The van der Waals surface area contributed by atoms with E-state index in [1.807, 2.05) is 24.3 Å². The topological polar surface area (TPSA) is 38.1 Å².